The first-order valence-electron chi connectivity index (χ1n) is 7.34. The maximum atomic E-state index is 6.19. The molecule has 4 nitrogen and oxygen atoms in total. The molecule has 2 heterocycles. The van der Waals surface area contributed by atoms with Gasteiger partial charge in [0.1, 0.15) is 5.76 Å². The van der Waals surface area contributed by atoms with Gasteiger partial charge in [-0.3, -0.25) is 4.90 Å². The van der Waals surface area contributed by atoms with Gasteiger partial charge in [0.2, 0.25) is 0 Å². The molecule has 106 valence electrons. The Hall–Kier alpha value is -0.840. The molecule has 1 aromatic rings. The van der Waals surface area contributed by atoms with Gasteiger partial charge in [-0.2, -0.15) is 0 Å². The molecule has 0 aromatic carbocycles. The summed E-state index contributed by atoms with van der Waals surface area (Å²) in [4.78, 5) is 5.05. The Morgan fingerprint density at radius 3 is 2.79 bits per heavy atom. The van der Waals surface area contributed by atoms with E-state index >= 15 is 0 Å². The second kappa shape index (κ2) is 4.93. The van der Waals surface area contributed by atoms with Crippen molar-refractivity contribution in [2.24, 2.45) is 5.73 Å². The summed E-state index contributed by atoms with van der Waals surface area (Å²) in [6, 6.07) is 5.36. The molecule has 1 aliphatic heterocycles. The van der Waals surface area contributed by atoms with Crippen LogP contribution in [0.4, 0.5) is 0 Å². The third-order valence-electron chi connectivity index (χ3n) is 4.85. The van der Waals surface area contributed by atoms with E-state index in [1.54, 1.807) is 6.26 Å². The summed E-state index contributed by atoms with van der Waals surface area (Å²) in [5.41, 5.74) is 6.32. The Morgan fingerprint density at radius 1 is 1.53 bits per heavy atom. The minimum Gasteiger partial charge on any atom is -0.468 e. The Balaban J connectivity index is 1.82. The van der Waals surface area contributed by atoms with E-state index in [0.29, 0.717) is 12.1 Å². The molecular formula is C15H25N3O. The van der Waals surface area contributed by atoms with Crippen LogP contribution in [0.1, 0.15) is 31.9 Å². The molecule has 4 heteroatoms. The molecule has 3 rings (SSSR count). The fourth-order valence-corrected chi connectivity index (χ4v) is 3.50. The monoisotopic (exact) mass is 263 g/mol. The lowest BCUT2D eigenvalue weighted by molar-refractivity contribution is 0.0762. The lowest BCUT2D eigenvalue weighted by Gasteiger charge is -2.40. The molecule has 2 atom stereocenters. The molecule has 1 aliphatic carbocycles. The van der Waals surface area contributed by atoms with Gasteiger partial charge in [0.15, 0.2) is 0 Å². The van der Waals surface area contributed by atoms with Crippen LogP contribution in [0, 0.1) is 0 Å². The van der Waals surface area contributed by atoms with E-state index in [1.807, 2.05) is 6.07 Å². The Labute approximate surface area is 115 Å². The van der Waals surface area contributed by atoms with Crippen molar-refractivity contribution in [3.63, 3.8) is 0 Å². The maximum absolute atomic E-state index is 6.19. The van der Waals surface area contributed by atoms with Crippen LogP contribution in [0.2, 0.25) is 0 Å². The van der Waals surface area contributed by atoms with Gasteiger partial charge in [-0.25, -0.2) is 0 Å². The Morgan fingerprint density at radius 2 is 2.32 bits per heavy atom. The molecular weight excluding hydrogens is 238 g/mol. The quantitative estimate of drug-likeness (QED) is 0.877. The van der Waals surface area contributed by atoms with E-state index in [4.69, 9.17) is 10.2 Å². The van der Waals surface area contributed by atoms with Crippen molar-refractivity contribution >= 4 is 0 Å². The molecule has 2 aliphatic rings. The smallest absolute Gasteiger partial charge is 0.117 e. The number of likely N-dealkylation sites (N-methyl/N-ethyl adjacent to an activating group) is 1. The van der Waals surface area contributed by atoms with Crippen molar-refractivity contribution < 1.29 is 4.42 Å². The lowest BCUT2D eigenvalue weighted by Crippen LogP contribution is -2.56. The molecule has 1 saturated carbocycles. The zero-order valence-corrected chi connectivity index (χ0v) is 12.0. The highest BCUT2D eigenvalue weighted by molar-refractivity contribution is 5.09. The van der Waals surface area contributed by atoms with Crippen molar-refractivity contribution in [3.05, 3.63) is 24.2 Å². The highest BCUT2D eigenvalue weighted by atomic mass is 16.3. The predicted molar refractivity (Wildman–Crippen MR) is 75.8 cm³/mol. The Bertz CT molecular complexity index is 403. The summed E-state index contributed by atoms with van der Waals surface area (Å²) in [6.45, 7) is 5.01. The van der Waals surface area contributed by atoms with E-state index in [-0.39, 0.29) is 5.54 Å². The van der Waals surface area contributed by atoms with Gasteiger partial charge in [-0.15, -0.1) is 0 Å². The van der Waals surface area contributed by atoms with Gasteiger partial charge >= 0.3 is 0 Å². The minimum atomic E-state index is 0.127. The number of rotatable bonds is 5. The molecule has 0 spiro atoms. The first-order chi connectivity index (χ1) is 9.14. The van der Waals surface area contributed by atoms with Crippen molar-refractivity contribution in [2.75, 3.05) is 20.1 Å². The van der Waals surface area contributed by atoms with Crippen LogP contribution in [0.15, 0.2) is 22.8 Å². The highest BCUT2D eigenvalue weighted by Crippen LogP contribution is 2.40. The zero-order valence-electron chi connectivity index (χ0n) is 12.0. The SMILES string of the molecule is CC1CC(CN)(N(Cc2ccco2)C2CC2)CN1C. The summed E-state index contributed by atoms with van der Waals surface area (Å²) >= 11 is 0. The average molecular weight is 263 g/mol. The van der Waals surface area contributed by atoms with Gasteiger partial charge in [0, 0.05) is 30.7 Å². The molecule has 2 unspecified atom stereocenters. The third kappa shape index (κ3) is 2.45. The van der Waals surface area contributed by atoms with Gasteiger partial charge < -0.3 is 15.1 Å². The summed E-state index contributed by atoms with van der Waals surface area (Å²) in [5, 5.41) is 0. The fourth-order valence-electron chi connectivity index (χ4n) is 3.50. The highest BCUT2D eigenvalue weighted by Gasteiger charge is 2.49. The molecule has 0 amide bonds. The van der Waals surface area contributed by atoms with Crippen molar-refractivity contribution in [2.45, 2.75) is 50.4 Å². The molecule has 19 heavy (non-hydrogen) atoms. The van der Waals surface area contributed by atoms with Crippen LogP contribution in [0.25, 0.3) is 0 Å². The first-order valence-corrected chi connectivity index (χ1v) is 7.34. The topological polar surface area (TPSA) is 45.6 Å². The van der Waals surface area contributed by atoms with E-state index in [9.17, 15) is 0 Å². The number of furan rings is 1. The van der Waals surface area contributed by atoms with Crippen molar-refractivity contribution in [3.8, 4) is 0 Å². The molecule has 0 bridgehead atoms. The molecule has 2 N–H and O–H groups in total. The van der Waals surface area contributed by atoms with Gasteiger partial charge in [-0.05, 0) is 45.4 Å². The summed E-state index contributed by atoms with van der Waals surface area (Å²) in [7, 11) is 2.21. The second-order valence-electron chi connectivity index (χ2n) is 6.34. The summed E-state index contributed by atoms with van der Waals surface area (Å²) in [5.74, 6) is 1.06. The molecule has 1 aromatic heterocycles. The van der Waals surface area contributed by atoms with Gasteiger partial charge in [0.25, 0.3) is 0 Å². The first kappa shape index (κ1) is 13.2. The van der Waals surface area contributed by atoms with Crippen LogP contribution in [-0.2, 0) is 6.54 Å². The van der Waals surface area contributed by atoms with Crippen LogP contribution in [0.3, 0.4) is 0 Å². The predicted octanol–water partition coefficient (Wildman–Crippen LogP) is 1.67. The average Bonchev–Trinajstić information content (AvgIpc) is 3.02. The van der Waals surface area contributed by atoms with Crippen LogP contribution < -0.4 is 5.73 Å². The minimum absolute atomic E-state index is 0.127. The normalized spacial score (nSPS) is 32.3. The van der Waals surface area contributed by atoms with Gasteiger partial charge in [-0.1, -0.05) is 0 Å². The molecule has 1 saturated heterocycles. The second-order valence-corrected chi connectivity index (χ2v) is 6.34. The van der Waals surface area contributed by atoms with E-state index in [0.717, 1.165) is 31.8 Å². The molecule has 0 radical (unpaired) electrons. The van der Waals surface area contributed by atoms with Crippen molar-refractivity contribution in [1.29, 1.82) is 0 Å². The van der Waals surface area contributed by atoms with Crippen LogP contribution >= 0.6 is 0 Å². The Kier molecular flexibility index (Phi) is 3.41. The van der Waals surface area contributed by atoms with E-state index in [2.05, 4.69) is 29.8 Å². The number of likely N-dealkylation sites (tertiary alicyclic amines) is 1. The molecule has 2 fully saturated rings. The van der Waals surface area contributed by atoms with Gasteiger partial charge in [0.05, 0.1) is 12.8 Å². The standard InChI is InChI=1S/C15H25N3O/c1-12-8-15(10-16,11-17(12)2)18(13-5-6-13)9-14-4-3-7-19-14/h3-4,7,12-13H,5-6,8-11,16H2,1-2H3. The number of nitrogens with two attached hydrogens (primary N) is 1. The number of nitrogens with zero attached hydrogens (tertiary/aromatic N) is 2. The third-order valence-corrected chi connectivity index (χ3v) is 4.85. The maximum Gasteiger partial charge on any atom is 0.117 e. The van der Waals surface area contributed by atoms with Crippen molar-refractivity contribution in [1.82, 2.24) is 9.80 Å². The van der Waals surface area contributed by atoms with Crippen LogP contribution in [-0.4, -0.2) is 47.6 Å². The fraction of sp³-hybridized carbons (Fsp3) is 0.733. The van der Waals surface area contributed by atoms with E-state index < -0.39 is 0 Å². The number of hydrogen-bond acceptors (Lipinski definition) is 4. The number of hydrogen-bond donors (Lipinski definition) is 1. The van der Waals surface area contributed by atoms with E-state index in [1.165, 1.54) is 12.8 Å². The largest absolute Gasteiger partial charge is 0.468 e. The summed E-state index contributed by atoms with van der Waals surface area (Å²) in [6.07, 6.45) is 5.54. The zero-order chi connectivity index (χ0) is 13.5. The van der Waals surface area contributed by atoms with Crippen LogP contribution in [0.5, 0.6) is 0 Å². The summed E-state index contributed by atoms with van der Waals surface area (Å²) < 4.78 is 5.55. The lowest BCUT2D eigenvalue weighted by atomic mass is 9.93.